The number of aromatic carboxylic acids is 1. The number of carbonyl (C=O) groups is 1. The number of aryl methyl sites for hydroxylation is 1. The highest BCUT2D eigenvalue weighted by Gasteiger charge is 2.37. The topological polar surface area (TPSA) is 82.8 Å². The van der Waals surface area contributed by atoms with Crippen LogP contribution in [0.1, 0.15) is 53.0 Å². The Morgan fingerprint density at radius 2 is 1.82 bits per heavy atom. The predicted octanol–water partition coefficient (Wildman–Crippen LogP) is 6.32. The Balaban J connectivity index is 1.70. The van der Waals surface area contributed by atoms with Crippen LogP contribution in [0.25, 0.3) is 16.6 Å². The van der Waals surface area contributed by atoms with E-state index in [9.17, 15) is 31.9 Å². The van der Waals surface area contributed by atoms with Crippen LogP contribution in [0, 0.1) is 6.92 Å². The van der Waals surface area contributed by atoms with Gasteiger partial charge in [-0.05, 0) is 37.6 Å². The van der Waals surface area contributed by atoms with Gasteiger partial charge in [0.25, 0.3) is 5.92 Å². The Kier molecular flexibility index (Phi) is 6.15. The van der Waals surface area contributed by atoms with Crippen molar-refractivity contribution in [1.82, 2.24) is 14.4 Å². The van der Waals surface area contributed by atoms with Gasteiger partial charge >= 0.3 is 12.1 Å². The van der Waals surface area contributed by atoms with Gasteiger partial charge in [-0.15, -0.1) is 0 Å². The minimum Gasteiger partial charge on any atom is -0.478 e. The smallest absolute Gasteiger partial charge is 0.434 e. The Morgan fingerprint density at radius 1 is 1.13 bits per heavy atom. The van der Waals surface area contributed by atoms with Crippen molar-refractivity contribution in [3.8, 4) is 0 Å². The van der Waals surface area contributed by atoms with Gasteiger partial charge in [-0.1, -0.05) is 18.2 Å². The molecule has 38 heavy (non-hydrogen) atoms. The first-order valence-electron chi connectivity index (χ1n) is 12.0. The maximum Gasteiger partial charge on any atom is 0.434 e. The van der Waals surface area contributed by atoms with E-state index in [2.05, 4.69) is 10.3 Å². The quantitative estimate of drug-likeness (QED) is 0.293. The van der Waals surface area contributed by atoms with Crippen molar-refractivity contribution >= 4 is 34.2 Å². The Morgan fingerprint density at radius 3 is 2.47 bits per heavy atom. The van der Waals surface area contributed by atoms with Crippen LogP contribution in [-0.4, -0.2) is 44.5 Å². The highest BCUT2D eigenvalue weighted by Crippen LogP contribution is 2.37. The number of nitrogens with one attached hydrogen (secondary N) is 1. The molecule has 0 saturated carbocycles. The number of anilines is 2. The number of alkyl halides is 5. The number of imidazole rings is 1. The van der Waals surface area contributed by atoms with Crippen LogP contribution in [0.4, 0.5) is 33.6 Å². The molecule has 2 N–H and O–H groups in total. The van der Waals surface area contributed by atoms with Crippen LogP contribution >= 0.6 is 0 Å². The first-order chi connectivity index (χ1) is 17.8. The standard InChI is InChI=1S/C26H24F5N5O2/c1-14-11-17(15(2)32-19-6-4-3-5-16(19)23(37)38)21-18(12-14)22-33-20(26(29,30)31)13-36(22)24(34-21)35-9-7-25(27,28)8-10-35/h3-6,11-13,15,32H,7-10H2,1-2H3,(H,37,38). The summed E-state index contributed by atoms with van der Waals surface area (Å²) in [7, 11) is 0. The molecule has 1 saturated heterocycles. The predicted molar refractivity (Wildman–Crippen MR) is 132 cm³/mol. The van der Waals surface area contributed by atoms with Crippen LogP contribution in [0.15, 0.2) is 42.6 Å². The van der Waals surface area contributed by atoms with Crippen molar-refractivity contribution in [2.75, 3.05) is 23.3 Å². The van der Waals surface area contributed by atoms with E-state index in [4.69, 9.17) is 4.98 Å². The summed E-state index contributed by atoms with van der Waals surface area (Å²) < 4.78 is 70.0. The van der Waals surface area contributed by atoms with E-state index in [0.29, 0.717) is 22.2 Å². The summed E-state index contributed by atoms with van der Waals surface area (Å²) in [4.78, 5) is 21.8. The van der Waals surface area contributed by atoms with Gasteiger partial charge < -0.3 is 15.3 Å². The van der Waals surface area contributed by atoms with Crippen molar-refractivity contribution in [2.24, 2.45) is 0 Å². The van der Waals surface area contributed by atoms with E-state index in [0.717, 1.165) is 11.8 Å². The second-order valence-corrected chi connectivity index (χ2v) is 9.54. The monoisotopic (exact) mass is 533 g/mol. The SMILES string of the molecule is Cc1cc(C(C)Nc2ccccc2C(=O)O)c2nc(N3CCC(F)(F)CC3)n3cc(C(F)(F)F)nc3c2c1. The lowest BCUT2D eigenvalue weighted by Gasteiger charge is -2.33. The lowest BCUT2D eigenvalue weighted by Crippen LogP contribution is -2.40. The zero-order valence-corrected chi connectivity index (χ0v) is 20.5. The number of hydrogen-bond acceptors (Lipinski definition) is 5. The molecule has 7 nitrogen and oxygen atoms in total. The third kappa shape index (κ3) is 4.70. The van der Waals surface area contributed by atoms with Gasteiger partial charge in [-0.3, -0.25) is 4.40 Å². The molecule has 2 aromatic heterocycles. The molecule has 5 rings (SSSR count). The largest absolute Gasteiger partial charge is 0.478 e. The lowest BCUT2D eigenvalue weighted by atomic mass is 10.0. The molecule has 0 radical (unpaired) electrons. The summed E-state index contributed by atoms with van der Waals surface area (Å²) >= 11 is 0. The van der Waals surface area contributed by atoms with Gasteiger partial charge in [0.15, 0.2) is 5.69 Å². The number of para-hydroxylation sites is 1. The average Bonchev–Trinajstić information content (AvgIpc) is 3.30. The van der Waals surface area contributed by atoms with Gasteiger partial charge in [0.05, 0.1) is 17.1 Å². The molecule has 0 spiro atoms. The molecule has 1 aliphatic heterocycles. The van der Waals surface area contributed by atoms with Crippen molar-refractivity contribution in [3.63, 3.8) is 0 Å². The molecule has 0 amide bonds. The second-order valence-electron chi connectivity index (χ2n) is 9.54. The molecule has 0 bridgehead atoms. The molecule has 2 aromatic carbocycles. The van der Waals surface area contributed by atoms with Gasteiger partial charge in [0.1, 0.15) is 5.65 Å². The van der Waals surface area contributed by atoms with Gasteiger partial charge in [-0.25, -0.2) is 23.5 Å². The van der Waals surface area contributed by atoms with Crippen molar-refractivity contribution in [2.45, 2.75) is 44.8 Å². The number of aromatic nitrogens is 3. The molecule has 1 fully saturated rings. The summed E-state index contributed by atoms with van der Waals surface area (Å²) in [5.41, 5.74) is 1.01. The maximum atomic E-state index is 13.9. The van der Waals surface area contributed by atoms with Gasteiger partial charge in [-0.2, -0.15) is 13.2 Å². The number of hydrogen-bond donors (Lipinski definition) is 2. The van der Waals surface area contributed by atoms with E-state index >= 15 is 0 Å². The van der Waals surface area contributed by atoms with E-state index in [1.165, 1.54) is 10.5 Å². The van der Waals surface area contributed by atoms with Crippen molar-refractivity contribution in [3.05, 3.63) is 65.0 Å². The summed E-state index contributed by atoms with van der Waals surface area (Å²) in [6, 6.07) is 9.35. The minimum absolute atomic E-state index is 0.0118. The normalized spacial score (nSPS) is 16.7. The number of carboxylic acids is 1. The van der Waals surface area contributed by atoms with Crippen molar-refractivity contribution in [1.29, 1.82) is 0 Å². The third-order valence-corrected chi connectivity index (χ3v) is 6.72. The van der Waals surface area contributed by atoms with Gasteiger partial charge in [0, 0.05) is 48.8 Å². The lowest BCUT2D eigenvalue weighted by molar-refractivity contribution is -0.140. The summed E-state index contributed by atoms with van der Waals surface area (Å²) in [5, 5.41) is 13.1. The molecule has 1 atom stereocenters. The fourth-order valence-electron chi connectivity index (χ4n) is 4.81. The molecule has 200 valence electrons. The number of fused-ring (bicyclic) bond motifs is 3. The van der Waals surface area contributed by atoms with Crippen LogP contribution in [0.2, 0.25) is 0 Å². The molecule has 3 heterocycles. The maximum absolute atomic E-state index is 13.9. The number of rotatable bonds is 5. The fraction of sp³-hybridized carbons (Fsp3) is 0.346. The molecule has 4 aromatic rings. The van der Waals surface area contributed by atoms with E-state index in [1.54, 1.807) is 43.0 Å². The van der Waals surface area contributed by atoms with Gasteiger partial charge in [0.2, 0.25) is 5.95 Å². The average molecular weight is 534 g/mol. The van der Waals surface area contributed by atoms with Crippen LogP contribution in [0.5, 0.6) is 0 Å². The molecule has 1 aliphatic rings. The summed E-state index contributed by atoms with van der Waals surface area (Å²) in [6.45, 7) is 3.40. The molecular formula is C26H24F5N5O2. The molecule has 0 aliphatic carbocycles. The number of nitrogens with zero attached hydrogens (tertiary/aromatic N) is 4. The van der Waals surface area contributed by atoms with Crippen LogP contribution in [0.3, 0.4) is 0 Å². The number of piperidine rings is 1. The highest BCUT2D eigenvalue weighted by molar-refractivity contribution is 5.96. The first kappa shape index (κ1) is 25.7. The minimum atomic E-state index is -4.72. The van der Waals surface area contributed by atoms with E-state index in [1.807, 2.05) is 6.07 Å². The van der Waals surface area contributed by atoms with E-state index < -0.39 is 42.6 Å². The Hall–Kier alpha value is -3.96. The first-order valence-corrected chi connectivity index (χ1v) is 12.0. The number of halogens is 5. The van der Waals surface area contributed by atoms with Crippen LogP contribution < -0.4 is 10.2 Å². The van der Waals surface area contributed by atoms with E-state index in [-0.39, 0.29) is 30.2 Å². The van der Waals surface area contributed by atoms with Crippen molar-refractivity contribution < 1.29 is 31.9 Å². The second kappa shape index (κ2) is 9.10. The third-order valence-electron chi connectivity index (χ3n) is 6.72. The highest BCUT2D eigenvalue weighted by atomic mass is 19.4. The summed E-state index contributed by atoms with van der Waals surface area (Å²) in [5.74, 6) is -3.87. The zero-order chi connectivity index (χ0) is 27.4. The zero-order valence-electron chi connectivity index (χ0n) is 20.5. The Bertz CT molecular complexity index is 1540. The number of benzene rings is 2. The molecular weight excluding hydrogens is 509 g/mol. The molecule has 1 unspecified atom stereocenters. The van der Waals surface area contributed by atoms with Crippen LogP contribution in [-0.2, 0) is 6.18 Å². The summed E-state index contributed by atoms with van der Waals surface area (Å²) in [6.07, 6.45) is -4.76. The fourth-order valence-corrected chi connectivity index (χ4v) is 4.81. The Labute approximate surface area is 213 Å². The number of carboxylic acid groups (broad SMARTS) is 1. The molecule has 12 heteroatoms.